The zero-order chi connectivity index (χ0) is 18.6. The third kappa shape index (κ3) is 5.41. The molecule has 2 amide bonds. The van der Waals surface area contributed by atoms with E-state index in [9.17, 15) is 9.59 Å². The largest absolute Gasteiger partial charge is 0.347 e. The average Bonchev–Trinajstić information content (AvgIpc) is 2.54. The maximum atomic E-state index is 12.4. The first-order valence-corrected chi connectivity index (χ1v) is 8.35. The highest BCUT2D eigenvalue weighted by molar-refractivity contribution is 6.04. The van der Waals surface area contributed by atoms with Crippen LogP contribution in [0.3, 0.4) is 0 Å². The number of carbonyl (C=O) groups is 2. The summed E-state index contributed by atoms with van der Waals surface area (Å²) in [6.07, 6.45) is 1.47. The summed E-state index contributed by atoms with van der Waals surface area (Å²) in [7, 11) is 0. The molecule has 1 aromatic carbocycles. The molecule has 5 nitrogen and oxygen atoms in total. The second-order valence-corrected chi connectivity index (χ2v) is 7.36. The van der Waals surface area contributed by atoms with Gasteiger partial charge in [0.15, 0.2) is 0 Å². The van der Waals surface area contributed by atoms with Crippen molar-refractivity contribution in [2.75, 3.05) is 5.32 Å². The number of hydrogen-bond acceptors (Lipinski definition) is 3. The third-order valence-electron chi connectivity index (χ3n) is 3.58. The molecule has 0 atom stereocenters. The Hall–Kier alpha value is -2.69. The van der Waals surface area contributed by atoms with Crippen molar-refractivity contribution in [2.45, 2.75) is 46.1 Å². The lowest BCUT2D eigenvalue weighted by Crippen LogP contribution is -2.40. The highest BCUT2D eigenvalue weighted by atomic mass is 16.2. The molecule has 0 bridgehead atoms. The van der Waals surface area contributed by atoms with Crippen molar-refractivity contribution in [2.24, 2.45) is 0 Å². The lowest BCUT2D eigenvalue weighted by molar-refractivity contribution is 0.0919. The molecule has 0 saturated heterocycles. The number of hydrogen-bond donors (Lipinski definition) is 2. The molecule has 2 rings (SSSR count). The van der Waals surface area contributed by atoms with Crippen LogP contribution in [-0.2, 0) is 0 Å². The van der Waals surface area contributed by atoms with E-state index in [4.69, 9.17) is 0 Å². The molecule has 0 radical (unpaired) electrons. The van der Waals surface area contributed by atoms with Crippen LogP contribution < -0.4 is 10.6 Å². The standard InChI is InChI=1S/C20H25N3O2/c1-13(2)14-6-8-16(9-7-14)22-19(25)17-12-15(10-11-21-17)18(24)23-20(3,4)5/h6-13H,1-5H3,(H,22,25)(H,23,24). The maximum Gasteiger partial charge on any atom is 0.274 e. The van der Waals surface area contributed by atoms with E-state index >= 15 is 0 Å². The van der Waals surface area contributed by atoms with Gasteiger partial charge in [-0.05, 0) is 56.5 Å². The van der Waals surface area contributed by atoms with Crippen molar-refractivity contribution >= 4 is 17.5 Å². The number of nitrogens with one attached hydrogen (secondary N) is 2. The summed E-state index contributed by atoms with van der Waals surface area (Å²) in [6, 6.07) is 10.8. The molecule has 1 aromatic heterocycles. The SMILES string of the molecule is CC(C)c1ccc(NC(=O)c2cc(C(=O)NC(C)(C)C)ccn2)cc1. The summed E-state index contributed by atoms with van der Waals surface area (Å²) in [5.41, 5.74) is 2.17. The van der Waals surface area contributed by atoms with Gasteiger partial charge in [0.05, 0.1) is 0 Å². The number of benzene rings is 1. The van der Waals surface area contributed by atoms with E-state index in [0.29, 0.717) is 17.2 Å². The second kappa shape index (κ2) is 7.47. The Morgan fingerprint density at radius 2 is 1.64 bits per heavy atom. The van der Waals surface area contributed by atoms with E-state index in [0.717, 1.165) is 0 Å². The van der Waals surface area contributed by atoms with Gasteiger partial charge in [-0.3, -0.25) is 14.6 Å². The first kappa shape index (κ1) is 18.6. The molecule has 2 aromatic rings. The van der Waals surface area contributed by atoms with Crippen LogP contribution in [-0.4, -0.2) is 22.3 Å². The lowest BCUT2D eigenvalue weighted by atomic mass is 10.0. The Labute approximate surface area is 148 Å². The molecule has 0 fully saturated rings. The number of carbonyl (C=O) groups excluding carboxylic acids is 2. The van der Waals surface area contributed by atoms with Gasteiger partial charge >= 0.3 is 0 Å². The van der Waals surface area contributed by atoms with E-state index in [-0.39, 0.29) is 23.0 Å². The van der Waals surface area contributed by atoms with Crippen molar-refractivity contribution in [3.8, 4) is 0 Å². The number of aromatic nitrogens is 1. The topological polar surface area (TPSA) is 71.1 Å². The van der Waals surface area contributed by atoms with Gasteiger partial charge in [-0.1, -0.05) is 26.0 Å². The second-order valence-electron chi connectivity index (χ2n) is 7.36. The zero-order valence-corrected chi connectivity index (χ0v) is 15.4. The molecule has 0 saturated carbocycles. The normalized spacial score (nSPS) is 11.3. The van der Waals surface area contributed by atoms with Crippen molar-refractivity contribution in [3.05, 3.63) is 59.4 Å². The Morgan fingerprint density at radius 1 is 1.00 bits per heavy atom. The maximum absolute atomic E-state index is 12.4. The molecule has 0 unspecified atom stereocenters. The molecule has 1 heterocycles. The van der Waals surface area contributed by atoms with Gasteiger partial charge in [0, 0.05) is 23.0 Å². The fourth-order valence-corrected chi connectivity index (χ4v) is 2.26. The highest BCUT2D eigenvalue weighted by Gasteiger charge is 2.17. The van der Waals surface area contributed by atoms with Crippen molar-refractivity contribution in [3.63, 3.8) is 0 Å². The van der Waals surface area contributed by atoms with Gasteiger partial charge in [0.2, 0.25) is 0 Å². The Morgan fingerprint density at radius 3 is 2.20 bits per heavy atom. The molecule has 132 valence electrons. The van der Waals surface area contributed by atoms with Gasteiger partial charge in [0.25, 0.3) is 11.8 Å². The van der Waals surface area contributed by atoms with Crippen LogP contribution >= 0.6 is 0 Å². The van der Waals surface area contributed by atoms with E-state index in [2.05, 4.69) is 29.5 Å². The van der Waals surface area contributed by atoms with Gasteiger partial charge < -0.3 is 10.6 Å². The van der Waals surface area contributed by atoms with E-state index < -0.39 is 0 Å². The molecule has 0 spiro atoms. The zero-order valence-electron chi connectivity index (χ0n) is 15.4. The smallest absolute Gasteiger partial charge is 0.274 e. The summed E-state index contributed by atoms with van der Waals surface area (Å²) in [5, 5.41) is 5.68. The van der Waals surface area contributed by atoms with Crippen LogP contribution in [0.2, 0.25) is 0 Å². The molecule has 0 aliphatic rings. The van der Waals surface area contributed by atoms with Crippen molar-refractivity contribution in [1.29, 1.82) is 0 Å². The number of pyridine rings is 1. The summed E-state index contributed by atoms with van der Waals surface area (Å²) in [6.45, 7) is 9.94. The van der Waals surface area contributed by atoms with Gasteiger partial charge in [-0.2, -0.15) is 0 Å². The Kier molecular flexibility index (Phi) is 5.57. The average molecular weight is 339 g/mol. The Balaban J connectivity index is 2.11. The van der Waals surface area contributed by atoms with E-state index in [1.165, 1.54) is 17.8 Å². The minimum absolute atomic E-state index is 0.203. The van der Waals surface area contributed by atoms with Crippen molar-refractivity contribution in [1.82, 2.24) is 10.3 Å². The lowest BCUT2D eigenvalue weighted by Gasteiger charge is -2.20. The van der Waals surface area contributed by atoms with Crippen molar-refractivity contribution < 1.29 is 9.59 Å². The minimum atomic E-state index is -0.346. The minimum Gasteiger partial charge on any atom is -0.347 e. The summed E-state index contributed by atoms with van der Waals surface area (Å²) >= 11 is 0. The Bertz CT molecular complexity index is 759. The number of nitrogens with zero attached hydrogens (tertiary/aromatic N) is 1. The van der Waals surface area contributed by atoms with Gasteiger partial charge in [-0.15, -0.1) is 0 Å². The van der Waals surface area contributed by atoms with E-state index in [1.807, 2.05) is 45.0 Å². The number of amides is 2. The van der Waals surface area contributed by atoms with Crippen LogP contribution in [0.15, 0.2) is 42.6 Å². The first-order valence-electron chi connectivity index (χ1n) is 8.35. The molecule has 0 aliphatic carbocycles. The predicted octanol–water partition coefficient (Wildman–Crippen LogP) is 3.99. The van der Waals surface area contributed by atoms with Crippen LogP contribution in [0, 0.1) is 0 Å². The third-order valence-corrected chi connectivity index (χ3v) is 3.58. The van der Waals surface area contributed by atoms with Gasteiger partial charge in [-0.25, -0.2) is 0 Å². The summed E-state index contributed by atoms with van der Waals surface area (Å²) in [4.78, 5) is 28.7. The highest BCUT2D eigenvalue weighted by Crippen LogP contribution is 2.17. The monoisotopic (exact) mass is 339 g/mol. The summed E-state index contributed by atoms with van der Waals surface area (Å²) in [5.74, 6) is -0.141. The molecule has 2 N–H and O–H groups in total. The predicted molar refractivity (Wildman–Crippen MR) is 99.9 cm³/mol. The van der Waals surface area contributed by atoms with Crippen LogP contribution in [0.1, 0.15) is 66.9 Å². The number of rotatable bonds is 4. The van der Waals surface area contributed by atoms with Crippen LogP contribution in [0.5, 0.6) is 0 Å². The number of anilines is 1. The van der Waals surface area contributed by atoms with Crippen LogP contribution in [0.4, 0.5) is 5.69 Å². The fraction of sp³-hybridized carbons (Fsp3) is 0.350. The molecular formula is C20H25N3O2. The molecule has 0 aliphatic heterocycles. The molecule has 5 heteroatoms. The fourth-order valence-electron chi connectivity index (χ4n) is 2.26. The van der Waals surface area contributed by atoms with E-state index in [1.54, 1.807) is 6.07 Å². The summed E-state index contributed by atoms with van der Waals surface area (Å²) < 4.78 is 0. The van der Waals surface area contributed by atoms with Crippen LogP contribution in [0.25, 0.3) is 0 Å². The molecular weight excluding hydrogens is 314 g/mol. The molecule has 25 heavy (non-hydrogen) atoms. The van der Waals surface area contributed by atoms with Gasteiger partial charge in [0.1, 0.15) is 5.69 Å². The first-order chi connectivity index (χ1) is 11.7. The quantitative estimate of drug-likeness (QED) is 0.885.